The molecule has 54 valence electrons. The first-order valence-electron chi connectivity index (χ1n) is 3.00. The molecule has 0 fully saturated rings. The normalized spacial score (nSPS) is 8.78. The van der Waals surface area contributed by atoms with Gasteiger partial charge in [-0.3, -0.25) is 0 Å². The van der Waals surface area contributed by atoms with Crippen LogP contribution >= 0.6 is 0 Å². The molecule has 0 spiro atoms. The second kappa shape index (κ2) is 4.21. The third kappa shape index (κ3) is 2.98. The van der Waals surface area contributed by atoms with Gasteiger partial charge in [0.05, 0.1) is 5.82 Å². The molecular formula is C6H15N3. The summed E-state index contributed by atoms with van der Waals surface area (Å²) in [5.74, 6) is 0.903. The summed E-state index contributed by atoms with van der Waals surface area (Å²) >= 11 is 0. The molecule has 0 radical (unpaired) electrons. The predicted octanol–water partition coefficient (Wildman–Crippen LogP) is -0.432. The topological polar surface area (TPSA) is 41.3 Å². The lowest BCUT2D eigenvalue weighted by Gasteiger charge is -2.19. The Bertz CT molecular complexity index is 90.3. The average Bonchev–Trinajstić information content (AvgIpc) is 1.87. The maximum absolute atomic E-state index is 5.31. The summed E-state index contributed by atoms with van der Waals surface area (Å²) in [7, 11) is 3.79. The maximum Gasteiger partial charge on any atom is 0.0933 e. The fourth-order valence-electron chi connectivity index (χ4n) is 0.519. The molecule has 0 aliphatic carbocycles. The van der Waals surface area contributed by atoms with Crippen molar-refractivity contribution in [1.29, 1.82) is 0 Å². The summed E-state index contributed by atoms with van der Waals surface area (Å²) in [6, 6.07) is 0. The van der Waals surface area contributed by atoms with E-state index in [4.69, 9.17) is 5.73 Å². The van der Waals surface area contributed by atoms with Crippen molar-refractivity contribution in [2.45, 2.75) is 0 Å². The molecule has 0 unspecified atom stereocenters. The van der Waals surface area contributed by atoms with Crippen LogP contribution in [-0.4, -0.2) is 32.1 Å². The number of hydrogen-bond acceptors (Lipinski definition) is 3. The maximum atomic E-state index is 5.31. The van der Waals surface area contributed by atoms with Crippen LogP contribution in [-0.2, 0) is 0 Å². The lowest BCUT2D eigenvalue weighted by Crippen LogP contribution is -2.29. The molecule has 0 saturated heterocycles. The Morgan fingerprint density at radius 2 is 2.33 bits per heavy atom. The number of nitrogens with one attached hydrogen (secondary N) is 1. The molecule has 0 bridgehead atoms. The van der Waals surface area contributed by atoms with Gasteiger partial charge in [0.25, 0.3) is 0 Å². The van der Waals surface area contributed by atoms with Gasteiger partial charge in [-0.2, -0.15) is 0 Å². The van der Waals surface area contributed by atoms with E-state index in [9.17, 15) is 0 Å². The average molecular weight is 129 g/mol. The SMILES string of the molecule is C=C(NC)N(C)CCN. The zero-order valence-corrected chi connectivity index (χ0v) is 6.15. The van der Waals surface area contributed by atoms with Gasteiger partial charge in [-0.1, -0.05) is 6.58 Å². The van der Waals surface area contributed by atoms with Gasteiger partial charge in [-0.15, -0.1) is 0 Å². The van der Waals surface area contributed by atoms with Crippen molar-refractivity contribution in [3.05, 3.63) is 12.4 Å². The Balaban J connectivity index is 3.45. The van der Waals surface area contributed by atoms with Crippen molar-refractivity contribution < 1.29 is 0 Å². The van der Waals surface area contributed by atoms with Crippen LogP contribution in [0.4, 0.5) is 0 Å². The Kier molecular flexibility index (Phi) is 3.88. The molecule has 0 aromatic rings. The predicted molar refractivity (Wildman–Crippen MR) is 39.9 cm³/mol. The van der Waals surface area contributed by atoms with E-state index in [1.54, 1.807) is 0 Å². The quantitative estimate of drug-likeness (QED) is 0.541. The zero-order valence-electron chi connectivity index (χ0n) is 6.15. The summed E-state index contributed by atoms with van der Waals surface area (Å²) in [5, 5.41) is 2.93. The summed E-state index contributed by atoms with van der Waals surface area (Å²) in [6.45, 7) is 5.26. The number of likely N-dealkylation sites (N-methyl/N-ethyl adjacent to an activating group) is 1. The van der Waals surface area contributed by atoms with E-state index in [-0.39, 0.29) is 0 Å². The van der Waals surface area contributed by atoms with Gasteiger partial charge in [0.15, 0.2) is 0 Å². The van der Waals surface area contributed by atoms with Crippen LogP contribution < -0.4 is 11.1 Å². The molecule has 0 atom stereocenters. The molecule has 0 aromatic carbocycles. The van der Waals surface area contributed by atoms with E-state index < -0.39 is 0 Å². The molecule has 9 heavy (non-hydrogen) atoms. The van der Waals surface area contributed by atoms with Gasteiger partial charge in [-0.05, 0) is 0 Å². The van der Waals surface area contributed by atoms with Crippen LogP contribution in [0.25, 0.3) is 0 Å². The largest absolute Gasteiger partial charge is 0.375 e. The second-order valence-electron chi connectivity index (χ2n) is 1.91. The minimum absolute atomic E-state index is 0.664. The molecule has 3 N–H and O–H groups in total. The lowest BCUT2D eigenvalue weighted by atomic mass is 10.5. The van der Waals surface area contributed by atoms with Gasteiger partial charge in [0, 0.05) is 27.2 Å². The lowest BCUT2D eigenvalue weighted by molar-refractivity contribution is 0.404. The molecule has 3 nitrogen and oxygen atoms in total. The first-order valence-corrected chi connectivity index (χ1v) is 3.00. The summed E-state index contributed by atoms with van der Waals surface area (Å²) in [6.07, 6.45) is 0. The van der Waals surface area contributed by atoms with Crippen LogP contribution in [0.5, 0.6) is 0 Å². The van der Waals surface area contributed by atoms with Crippen LogP contribution in [0.2, 0.25) is 0 Å². The fourth-order valence-corrected chi connectivity index (χ4v) is 0.519. The minimum Gasteiger partial charge on any atom is -0.375 e. The van der Waals surface area contributed by atoms with E-state index in [2.05, 4.69) is 11.9 Å². The van der Waals surface area contributed by atoms with Gasteiger partial charge < -0.3 is 16.0 Å². The molecule has 0 saturated carbocycles. The molecule has 0 amide bonds. The molecule has 0 rings (SSSR count). The smallest absolute Gasteiger partial charge is 0.0933 e. The van der Waals surface area contributed by atoms with Crippen molar-refractivity contribution in [2.24, 2.45) is 5.73 Å². The van der Waals surface area contributed by atoms with Crippen LogP contribution in [0.15, 0.2) is 12.4 Å². The molecule has 0 aromatic heterocycles. The first-order chi connectivity index (χ1) is 4.22. The molecule has 3 heteroatoms. The molecule has 0 aliphatic heterocycles. The standard InChI is InChI=1S/C6H15N3/c1-6(8-2)9(3)5-4-7/h8H,1,4-5,7H2,2-3H3. The monoisotopic (exact) mass is 129 g/mol. The van der Waals surface area contributed by atoms with Crippen molar-refractivity contribution in [3.8, 4) is 0 Å². The van der Waals surface area contributed by atoms with Gasteiger partial charge in [0.1, 0.15) is 0 Å². The third-order valence-corrected chi connectivity index (χ3v) is 1.21. The first kappa shape index (κ1) is 8.30. The van der Waals surface area contributed by atoms with Crippen LogP contribution in [0.3, 0.4) is 0 Å². The molecular weight excluding hydrogens is 114 g/mol. The van der Waals surface area contributed by atoms with Crippen LogP contribution in [0, 0.1) is 0 Å². The fraction of sp³-hybridized carbons (Fsp3) is 0.667. The van der Waals surface area contributed by atoms with E-state index >= 15 is 0 Å². The highest BCUT2D eigenvalue weighted by molar-refractivity contribution is 4.87. The Morgan fingerprint density at radius 1 is 1.78 bits per heavy atom. The van der Waals surface area contributed by atoms with Gasteiger partial charge in [0.2, 0.25) is 0 Å². The molecule has 0 heterocycles. The van der Waals surface area contributed by atoms with E-state index in [0.717, 1.165) is 12.4 Å². The molecule has 0 aliphatic rings. The van der Waals surface area contributed by atoms with Crippen molar-refractivity contribution >= 4 is 0 Å². The number of hydrogen-bond donors (Lipinski definition) is 2. The van der Waals surface area contributed by atoms with E-state index in [0.29, 0.717) is 6.54 Å². The highest BCUT2D eigenvalue weighted by Gasteiger charge is 1.94. The summed E-state index contributed by atoms with van der Waals surface area (Å²) in [4.78, 5) is 1.97. The highest BCUT2D eigenvalue weighted by atomic mass is 15.2. The van der Waals surface area contributed by atoms with Crippen molar-refractivity contribution in [1.82, 2.24) is 10.2 Å². The van der Waals surface area contributed by atoms with Gasteiger partial charge >= 0.3 is 0 Å². The zero-order chi connectivity index (χ0) is 7.28. The Morgan fingerprint density at radius 3 is 2.67 bits per heavy atom. The summed E-state index contributed by atoms with van der Waals surface area (Å²) in [5.41, 5.74) is 5.31. The Hall–Kier alpha value is -0.700. The number of rotatable bonds is 4. The summed E-state index contributed by atoms with van der Waals surface area (Å²) < 4.78 is 0. The van der Waals surface area contributed by atoms with Crippen molar-refractivity contribution in [3.63, 3.8) is 0 Å². The van der Waals surface area contributed by atoms with Gasteiger partial charge in [-0.25, -0.2) is 0 Å². The van der Waals surface area contributed by atoms with E-state index in [1.165, 1.54) is 0 Å². The minimum atomic E-state index is 0.664. The van der Waals surface area contributed by atoms with Crippen LogP contribution in [0.1, 0.15) is 0 Å². The Labute approximate surface area is 56.5 Å². The second-order valence-corrected chi connectivity index (χ2v) is 1.91. The number of nitrogens with two attached hydrogens (primary N) is 1. The third-order valence-electron chi connectivity index (χ3n) is 1.21. The highest BCUT2D eigenvalue weighted by Crippen LogP contribution is 1.88. The van der Waals surface area contributed by atoms with E-state index in [1.807, 2.05) is 19.0 Å². The number of nitrogens with zero attached hydrogens (tertiary/aromatic N) is 1. The van der Waals surface area contributed by atoms with Crippen molar-refractivity contribution in [2.75, 3.05) is 27.2 Å².